The maximum absolute atomic E-state index is 6.22. The lowest BCUT2D eigenvalue weighted by atomic mass is 10.1. The van der Waals surface area contributed by atoms with E-state index in [0.29, 0.717) is 6.04 Å². The second-order valence-corrected chi connectivity index (χ2v) is 4.78. The van der Waals surface area contributed by atoms with Crippen LogP contribution in [0.3, 0.4) is 0 Å². The molecule has 0 aliphatic carbocycles. The third-order valence-electron chi connectivity index (χ3n) is 3.27. The number of nitrogens with one attached hydrogen (secondary N) is 1. The number of rotatable bonds is 4. The predicted octanol–water partition coefficient (Wildman–Crippen LogP) is 2.70. The first kappa shape index (κ1) is 11.9. The van der Waals surface area contributed by atoms with Crippen molar-refractivity contribution in [2.45, 2.75) is 18.9 Å². The molecule has 0 amide bonds. The average molecular weight is 239 g/mol. The molecular weight excluding hydrogens is 220 g/mol. The van der Waals surface area contributed by atoms with Crippen LogP contribution in [-0.2, 0) is 0 Å². The lowest BCUT2D eigenvalue weighted by Gasteiger charge is -2.24. The van der Waals surface area contributed by atoms with Crippen molar-refractivity contribution in [2.75, 3.05) is 26.7 Å². The average Bonchev–Trinajstić information content (AvgIpc) is 2.80. The molecule has 16 heavy (non-hydrogen) atoms. The van der Waals surface area contributed by atoms with Gasteiger partial charge in [-0.05, 0) is 44.6 Å². The van der Waals surface area contributed by atoms with Crippen LogP contribution in [0.2, 0.25) is 5.02 Å². The second-order valence-electron chi connectivity index (χ2n) is 4.37. The van der Waals surface area contributed by atoms with E-state index in [1.165, 1.54) is 31.5 Å². The van der Waals surface area contributed by atoms with E-state index in [1.807, 2.05) is 19.2 Å². The van der Waals surface area contributed by atoms with Crippen LogP contribution < -0.4 is 5.32 Å². The molecule has 1 aromatic carbocycles. The summed E-state index contributed by atoms with van der Waals surface area (Å²) in [4.78, 5) is 2.50. The summed E-state index contributed by atoms with van der Waals surface area (Å²) in [6.07, 6.45) is 2.66. The number of benzene rings is 1. The summed E-state index contributed by atoms with van der Waals surface area (Å²) in [6.45, 7) is 3.51. The summed E-state index contributed by atoms with van der Waals surface area (Å²) in [6, 6.07) is 8.45. The van der Waals surface area contributed by atoms with Crippen LogP contribution in [0.4, 0.5) is 0 Å². The first-order valence-corrected chi connectivity index (χ1v) is 6.33. The van der Waals surface area contributed by atoms with Gasteiger partial charge in [-0.15, -0.1) is 0 Å². The van der Waals surface area contributed by atoms with E-state index < -0.39 is 0 Å². The van der Waals surface area contributed by atoms with E-state index >= 15 is 0 Å². The summed E-state index contributed by atoms with van der Waals surface area (Å²) in [5, 5.41) is 4.22. The molecule has 1 unspecified atom stereocenters. The van der Waals surface area contributed by atoms with Crippen LogP contribution in [0.15, 0.2) is 24.3 Å². The van der Waals surface area contributed by atoms with Crippen molar-refractivity contribution in [3.63, 3.8) is 0 Å². The highest BCUT2D eigenvalue weighted by Gasteiger charge is 2.18. The number of hydrogen-bond acceptors (Lipinski definition) is 2. The SMILES string of the molecule is CNC(CN1CCCC1)c1ccccc1Cl. The number of nitrogens with zero attached hydrogens (tertiary/aromatic N) is 1. The van der Waals surface area contributed by atoms with Crippen molar-refractivity contribution < 1.29 is 0 Å². The zero-order valence-corrected chi connectivity index (χ0v) is 10.5. The third kappa shape index (κ3) is 2.76. The lowest BCUT2D eigenvalue weighted by Crippen LogP contribution is -2.32. The van der Waals surface area contributed by atoms with Gasteiger partial charge in [0.15, 0.2) is 0 Å². The highest BCUT2D eigenvalue weighted by molar-refractivity contribution is 6.31. The fraction of sp³-hybridized carbons (Fsp3) is 0.538. The van der Waals surface area contributed by atoms with Crippen molar-refractivity contribution in [2.24, 2.45) is 0 Å². The van der Waals surface area contributed by atoms with Crippen molar-refractivity contribution in [3.8, 4) is 0 Å². The van der Waals surface area contributed by atoms with Crippen LogP contribution in [0.1, 0.15) is 24.4 Å². The minimum absolute atomic E-state index is 0.340. The Balaban J connectivity index is 2.06. The molecule has 2 nitrogen and oxygen atoms in total. The monoisotopic (exact) mass is 238 g/mol. The fourth-order valence-electron chi connectivity index (χ4n) is 2.33. The minimum atomic E-state index is 0.340. The lowest BCUT2D eigenvalue weighted by molar-refractivity contribution is 0.299. The van der Waals surface area contributed by atoms with Gasteiger partial charge in [-0.2, -0.15) is 0 Å². The van der Waals surface area contributed by atoms with Crippen molar-refractivity contribution >= 4 is 11.6 Å². The van der Waals surface area contributed by atoms with E-state index in [9.17, 15) is 0 Å². The Kier molecular flexibility index (Phi) is 4.22. The molecule has 0 bridgehead atoms. The van der Waals surface area contributed by atoms with Gasteiger partial charge in [0.25, 0.3) is 0 Å². The van der Waals surface area contributed by atoms with Crippen LogP contribution >= 0.6 is 11.6 Å². The van der Waals surface area contributed by atoms with Crippen molar-refractivity contribution in [3.05, 3.63) is 34.9 Å². The van der Waals surface area contributed by atoms with Gasteiger partial charge in [0.2, 0.25) is 0 Å². The Morgan fingerprint density at radius 2 is 2.00 bits per heavy atom. The van der Waals surface area contributed by atoms with Gasteiger partial charge in [-0.3, -0.25) is 0 Å². The molecule has 1 N–H and O–H groups in total. The maximum Gasteiger partial charge on any atom is 0.0461 e. The van der Waals surface area contributed by atoms with E-state index in [1.54, 1.807) is 0 Å². The summed E-state index contributed by atoms with van der Waals surface area (Å²) in [5.41, 5.74) is 1.21. The Morgan fingerprint density at radius 1 is 1.31 bits per heavy atom. The third-order valence-corrected chi connectivity index (χ3v) is 3.61. The van der Waals surface area contributed by atoms with Crippen LogP contribution in [0, 0.1) is 0 Å². The second kappa shape index (κ2) is 5.67. The van der Waals surface area contributed by atoms with E-state index in [-0.39, 0.29) is 0 Å². The first-order chi connectivity index (χ1) is 7.81. The van der Waals surface area contributed by atoms with E-state index in [2.05, 4.69) is 22.3 Å². The Bertz CT molecular complexity index is 334. The molecule has 1 heterocycles. The quantitative estimate of drug-likeness (QED) is 0.868. The summed E-state index contributed by atoms with van der Waals surface area (Å²) in [5.74, 6) is 0. The van der Waals surface area contributed by atoms with Crippen molar-refractivity contribution in [1.82, 2.24) is 10.2 Å². The fourth-order valence-corrected chi connectivity index (χ4v) is 2.59. The Labute approximate surface area is 103 Å². The van der Waals surface area contributed by atoms with Crippen LogP contribution in [0.5, 0.6) is 0 Å². The molecule has 0 radical (unpaired) electrons. The molecule has 1 aromatic rings. The molecule has 1 atom stereocenters. The first-order valence-electron chi connectivity index (χ1n) is 5.95. The molecule has 0 saturated carbocycles. The van der Waals surface area contributed by atoms with Crippen LogP contribution in [0.25, 0.3) is 0 Å². The standard InChI is InChI=1S/C13H19ClN2/c1-15-13(10-16-8-4-5-9-16)11-6-2-3-7-12(11)14/h2-3,6-7,13,15H,4-5,8-10H2,1H3. The number of halogens is 1. The largest absolute Gasteiger partial charge is 0.312 e. The van der Waals surface area contributed by atoms with Gasteiger partial charge < -0.3 is 10.2 Å². The Hall–Kier alpha value is -0.570. The normalized spacial score (nSPS) is 18.9. The van der Waals surface area contributed by atoms with Gasteiger partial charge in [0.05, 0.1) is 0 Å². The van der Waals surface area contributed by atoms with E-state index in [0.717, 1.165) is 11.6 Å². The number of hydrogen-bond donors (Lipinski definition) is 1. The molecule has 1 aliphatic heterocycles. The number of likely N-dealkylation sites (tertiary alicyclic amines) is 1. The molecular formula is C13H19ClN2. The topological polar surface area (TPSA) is 15.3 Å². The maximum atomic E-state index is 6.22. The smallest absolute Gasteiger partial charge is 0.0461 e. The van der Waals surface area contributed by atoms with Gasteiger partial charge in [-0.1, -0.05) is 29.8 Å². The highest BCUT2D eigenvalue weighted by atomic mass is 35.5. The van der Waals surface area contributed by atoms with Gasteiger partial charge in [0, 0.05) is 17.6 Å². The summed E-state index contributed by atoms with van der Waals surface area (Å²) >= 11 is 6.22. The van der Waals surface area contributed by atoms with E-state index in [4.69, 9.17) is 11.6 Å². The number of likely N-dealkylation sites (N-methyl/N-ethyl adjacent to an activating group) is 1. The van der Waals surface area contributed by atoms with Crippen LogP contribution in [-0.4, -0.2) is 31.6 Å². The molecule has 0 aromatic heterocycles. The summed E-state index contributed by atoms with van der Waals surface area (Å²) < 4.78 is 0. The van der Waals surface area contributed by atoms with Gasteiger partial charge in [-0.25, -0.2) is 0 Å². The molecule has 0 spiro atoms. The molecule has 3 heteroatoms. The zero-order valence-electron chi connectivity index (χ0n) is 9.75. The molecule has 88 valence electrons. The van der Waals surface area contributed by atoms with Gasteiger partial charge in [0.1, 0.15) is 0 Å². The summed E-state index contributed by atoms with van der Waals surface area (Å²) in [7, 11) is 2.00. The van der Waals surface area contributed by atoms with Gasteiger partial charge >= 0.3 is 0 Å². The zero-order chi connectivity index (χ0) is 11.4. The Morgan fingerprint density at radius 3 is 2.62 bits per heavy atom. The molecule has 1 aliphatic rings. The molecule has 2 rings (SSSR count). The molecule has 1 saturated heterocycles. The minimum Gasteiger partial charge on any atom is -0.312 e. The predicted molar refractivity (Wildman–Crippen MR) is 68.9 cm³/mol. The molecule has 1 fully saturated rings. The van der Waals surface area contributed by atoms with Crippen molar-refractivity contribution in [1.29, 1.82) is 0 Å². The highest BCUT2D eigenvalue weighted by Crippen LogP contribution is 2.24.